The third kappa shape index (κ3) is 2.90. The van der Waals surface area contributed by atoms with Gasteiger partial charge in [0.2, 0.25) is 0 Å². The first kappa shape index (κ1) is 13.1. The molecule has 0 aliphatic rings. The first-order valence-electron chi connectivity index (χ1n) is 6.10. The molecular formula is C13H16N4O2. The summed E-state index contributed by atoms with van der Waals surface area (Å²) in [5, 5.41) is 18.4. The lowest BCUT2D eigenvalue weighted by atomic mass is 10.2. The van der Waals surface area contributed by atoms with E-state index in [2.05, 4.69) is 10.4 Å². The number of anilines is 1. The molecule has 0 spiro atoms. The molecule has 19 heavy (non-hydrogen) atoms. The zero-order valence-corrected chi connectivity index (χ0v) is 11.0. The number of para-hydroxylation sites is 1. The van der Waals surface area contributed by atoms with Crippen LogP contribution in [0, 0.1) is 10.1 Å². The van der Waals surface area contributed by atoms with Crippen molar-refractivity contribution in [2.75, 3.05) is 5.32 Å². The minimum Gasteiger partial charge on any atom is -0.378 e. The van der Waals surface area contributed by atoms with E-state index in [4.69, 9.17) is 0 Å². The number of aromatic nitrogens is 2. The summed E-state index contributed by atoms with van der Waals surface area (Å²) in [4.78, 5) is 10.6. The molecule has 1 aromatic heterocycles. The van der Waals surface area contributed by atoms with Crippen molar-refractivity contribution in [1.82, 2.24) is 9.78 Å². The molecule has 100 valence electrons. The van der Waals surface area contributed by atoms with Gasteiger partial charge in [0.15, 0.2) is 0 Å². The van der Waals surface area contributed by atoms with E-state index >= 15 is 0 Å². The van der Waals surface area contributed by atoms with E-state index in [9.17, 15) is 10.1 Å². The summed E-state index contributed by atoms with van der Waals surface area (Å²) in [6.07, 6.45) is 2.70. The van der Waals surface area contributed by atoms with Crippen molar-refractivity contribution in [1.29, 1.82) is 0 Å². The monoisotopic (exact) mass is 260 g/mol. The summed E-state index contributed by atoms with van der Waals surface area (Å²) in [5.74, 6) is 0. The van der Waals surface area contributed by atoms with Gasteiger partial charge in [-0.1, -0.05) is 25.1 Å². The van der Waals surface area contributed by atoms with Gasteiger partial charge in [-0.05, 0) is 6.42 Å². The highest BCUT2D eigenvalue weighted by molar-refractivity contribution is 5.49. The van der Waals surface area contributed by atoms with Crippen molar-refractivity contribution in [3.8, 4) is 0 Å². The molecule has 0 unspecified atom stereocenters. The van der Waals surface area contributed by atoms with Gasteiger partial charge in [-0.2, -0.15) is 5.10 Å². The lowest BCUT2D eigenvalue weighted by Crippen LogP contribution is -2.03. The summed E-state index contributed by atoms with van der Waals surface area (Å²) < 4.78 is 1.74. The van der Waals surface area contributed by atoms with Crippen molar-refractivity contribution in [2.24, 2.45) is 7.05 Å². The second-order valence-corrected chi connectivity index (χ2v) is 4.26. The number of hydrogen-bond donors (Lipinski definition) is 1. The second-order valence-electron chi connectivity index (χ2n) is 4.26. The van der Waals surface area contributed by atoms with Gasteiger partial charge >= 0.3 is 0 Å². The van der Waals surface area contributed by atoms with Gasteiger partial charge in [-0.25, -0.2) is 0 Å². The number of hydrogen-bond acceptors (Lipinski definition) is 4. The second kappa shape index (κ2) is 5.51. The van der Waals surface area contributed by atoms with Crippen LogP contribution in [-0.2, 0) is 20.0 Å². The van der Waals surface area contributed by atoms with E-state index in [0.717, 1.165) is 17.8 Å². The van der Waals surface area contributed by atoms with E-state index < -0.39 is 0 Å². The summed E-state index contributed by atoms with van der Waals surface area (Å²) >= 11 is 0. The highest BCUT2D eigenvalue weighted by atomic mass is 16.6. The number of rotatable bonds is 5. The molecule has 0 atom stereocenters. The maximum absolute atomic E-state index is 10.9. The van der Waals surface area contributed by atoms with Crippen LogP contribution in [0.3, 0.4) is 0 Å². The Bertz CT molecular complexity index is 592. The Labute approximate surface area is 111 Å². The molecule has 1 aromatic carbocycles. The van der Waals surface area contributed by atoms with Crippen molar-refractivity contribution < 1.29 is 4.92 Å². The van der Waals surface area contributed by atoms with Gasteiger partial charge < -0.3 is 5.32 Å². The zero-order valence-electron chi connectivity index (χ0n) is 11.0. The van der Waals surface area contributed by atoms with Gasteiger partial charge in [0.1, 0.15) is 0 Å². The van der Waals surface area contributed by atoms with Gasteiger partial charge in [-0.15, -0.1) is 0 Å². The molecular weight excluding hydrogens is 244 g/mol. The van der Waals surface area contributed by atoms with Crippen LogP contribution in [0.1, 0.15) is 18.2 Å². The molecule has 6 heteroatoms. The van der Waals surface area contributed by atoms with Crippen LogP contribution in [0.2, 0.25) is 0 Å². The first-order chi connectivity index (χ1) is 9.11. The highest BCUT2D eigenvalue weighted by Gasteiger charge is 2.13. The Hall–Kier alpha value is -2.37. The van der Waals surface area contributed by atoms with Crippen molar-refractivity contribution in [2.45, 2.75) is 19.9 Å². The normalized spacial score (nSPS) is 10.4. The van der Waals surface area contributed by atoms with Crippen LogP contribution in [0.4, 0.5) is 11.4 Å². The molecule has 2 aromatic rings. The minimum absolute atomic E-state index is 0.136. The fourth-order valence-corrected chi connectivity index (χ4v) is 1.97. The predicted octanol–water partition coefficient (Wildman–Crippen LogP) is 2.50. The number of aryl methyl sites for hydroxylation is 2. The third-order valence-electron chi connectivity index (χ3n) is 2.90. The molecule has 0 fully saturated rings. The maximum atomic E-state index is 10.9. The zero-order chi connectivity index (χ0) is 13.8. The van der Waals surface area contributed by atoms with Gasteiger partial charge in [0.25, 0.3) is 5.69 Å². The van der Waals surface area contributed by atoms with Crippen molar-refractivity contribution >= 4 is 11.4 Å². The molecule has 1 heterocycles. The third-order valence-corrected chi connectivity index (χ3v) is 2.90. The molecule has 2 rings (SSSR count). The Morgan fingerprint density at radius 2 is 2.16 bits per heavy atom. The molecule has 0 bridgehead atoms. The van der Waals surface area contributed by atoms with E-state index in [1.54, 1.807) is 22.9 Å². The van der Waals surface area contributed by atoms with Gasteiger partial charge in [0.05, 0.1) is 16.3 Å². The summed E-state index contributed by atoms with van der Waals surface area (Å²) in [6, 6.07) is 6.74. The summed E-state index contributed by atoms with van der Waals surface area (Å²) in [7, 11) is 1.86. The van der Waals surface area contributed by atoms with Crippen LogP contribution in [-0.4, -0.2) is 14.7 Å². The van der Waals surface area contributed by atoms with Gasteiger partial charge in [0, 0.05) is 31.4 Å². The number of nitro groups is 1. The fourth-order valence-electron chi connectivity index (χ4n) is 1.97. The largest absolute Gasteiger partial charge is 0.378 e. The number of nitro benzene ring substituents is 1. The molecule has 6 nitrogen and oxygen atoms in total. The average molecular weight is 260 g/mol. The fraction of sp³-hybridized carbons (Fsp3) is 0.308. The molecule has 0 saturated heterocycles. The van der Waals surface area contributed by atoms with Crippen LogP contribution < -0.4 is 5.32 Å². The Morgan fingerprint density at radius 3 is 2.84 bits per heavy atom. The molecule has 0 saturated carbocycles. The molecule has 0 amide bonds. The minimum atomic E-state index is -0.360. The molecule has 0 aliphatic carbocycles. The van der Waals surface area contributed by atoms with E-state index in [0.29, 0.717) is 12.1 Å². The van der Waals surface area contributed by atoms with Crippen molar-refractivity contribution in [3.05, 3.63) is 51.8 Å². The smallest absolute Gasteiger partial charge is 0.274 e. The Kier molecular flexibility index (Phi) is 3.79. The lowest BCUT2D eigenvalue weighted by Gasteiger charge is -2.06. The van der Waals surface area contributed by atoms with Crippen LogP contribution >= 0.6 is 0 Å². The molecule has 0 radical (unpaired) electrons. The maximum Gasteiger partial charge on any atom is 0.274 e. The SMILES string of the molecule is CCc1nn(C)cc1NCc1ccccc1[N+](=O)[O-]. The number of nitrogens with zero attached hydrogens (tertiary/aromatic N) is 3. The summed E-state index contributed by atoms with van der Waals surface area (Å²) in [6.45, 7) is 2.44. The van der Waals surface area contributed by atoms with Crippen LogP contribution in [0.15, 0.2) is 30.5 Å². The quantitative estimate of drug-likeness (QED) is 0.662. The Balaban J connectivity index is 2.16. The van der Waals surface area contributed by atoms with Crippen LogP contribution in [0.25, 0.3) is 0 Å². The molecule has 0 aliphatic heterocycles. The standard InChI is InChI=1S/C13H16N4O2/c1-3-11-12(9-16(2)15-11)14-8-10-6-4-5-7-13(10)17(18)19/h4-7,9,14H,3,8H2,1-2H3. The summed E-state index contributed by atoms with van der Waals surface area (Å²) in [5.41, 5.74) is 2.68. The first-order valence-corrected chi connectivity index (χ1v) is 6.10. The van der Waals surface area contributed by atoms with E-state index in [1.807, 2.05) is 20.2 Å². The lowest BCUT2D eigenvalue weighted by molar-refractivity contribution is -0.385. The average Bonchev–Trinajstić information content (AvgIpc) is 2.77. The predicted molar refractivity (Wildman–Crippen MR) is 73.0 cm³/mol. The Morgan fingerprint density at radius 1 is 1.42 bits per heavy atom. The van der Waals surface area contributed by atoms with E-state index in [1.165, 1.54) is 6.07 Å². The number of nitrogens with one attached hydrogen (secondary N) is 1. The van der Waals surface area contributed by atoms with E-state index in [-0.39, 0.29) is 10.6 Å². The topological polar surface area (TPSA) is 73.0 Å². The van der Waals surface area contributed by atoms with Crippen LogP contribution in [0.5, 0.6) is 0 Å². The molecule has 1 N–H and O–H groups in total. The van der Waals surface area contributed by atoms with Gasteiger partial charge in [-0.3, -0.25) is 14.8 Å². The van der Waals surface area contributed by atoms with Crippen molar-refractivity contribution in [3.63, 3.8) is 0 Å². The highest BCUT2D eigenvalue weighted by Crippen LogP contribution is 2.20. The number of benzene rings is 1.